The van der Waals surface area contributed by atoms with Gasteiger partial charge in [0.2, 0.25) is 0 Å². The molecule has 2 fully saturated rings. The van der Waals surface area contributed by atoms with Gasteiger partial charge in [-0.1, -0.05) is 12.1 Å². The van der Waals surface area contributed by atoms with E-state index in [0.717, 1.165) is 96.7 Å². The van der Waals surface area contributed by atoms with Crippen molar-refractivity contribution in [1.82, 2.24) is 15.5 Å². The molecular weight excluding hydrogens is 507 g/mol. The van der Waals surface area contributed by atoms with Crippen LogP contribution in [0.3, 0.4) is 0 Å². The Balaban J connectivity index is 0.00000341. The zero-order chi connectivity index (χ0) is 21.1. The molecule has 0 aromatic heterocycles. The number of guanidine groups is 1. The van der Waals surface area contributed by atoms with Gasteiger partial charge >= 0.3 is 0 Å². The maximum atomic E-state index is 5.66. The minimum Gasteiger partial charge on any atom is -0.497 e. The molecule has 1 aromatic rings. The molecule has 8 heteroatoms. The molecule has 7 nitrogen and oxygen atoms in total. The minimum atomic E-state index is 0. The third-order valence-electron chi connectivity index (χ3n) is 6.08. The van der Waals surface area contributed by atoms with Crippen LogP contribution in [0.5, 0.6) is 5.75 Å². The summed E-state index contributed by atoms with van der Waals surface area (Å²) in [5.41, 5.74) is 1.33. The van der Waals surface area contributed by atoms with E-state index in [2.05, 4.69) is 34.6 Å². The predicted octanol–water partition coefficient (Wildman–Crippen LogP) is 2.64. The number of morpholine rings is 1. The molecule has 0 radical (unpaired) electrons. The first kappa shape index (κ1) is 26.2. The van der Waals surface area contributed by atoms with E-state index in [9.17, 15) is 0 Å². The normalized spacial score (nSPS) is 19.4. The Labute approximate surface area is 204 Å². The van der Waals surface area contributed by atoms with Gasteiger partial charge in [-0.25, -0.2) is 0 Å². The number of rotatable bonds is 9. The highest BCUT2D eigenvalue weighted by atomic mass is 127. The van der Waals surface area contributed by atoms with Gasteiger partial charge in [-0.15, -0.1) is 24.0 Å². The summed E-state index contributed by atoms with van der Waals surface area (Å²) in [6.07, 6.45) is 3.07. The van der Waals surface area contributed by atoms with Crippen LogP contribution >= 0.6 is 24.0 Å². The van der Waals surface area contributed by atoms with Crippen molar-refractivity contribution in [2.75, 3.05) is 72.8 Å². The lowest BCUT2D eigenvalue weighted by molar-refractivity contribution is 0.0376. The molecule has 176 valence electrons. The van der Waals surface area contributed by atoms with Gasteiger partial charge in [0.15, 0.2) is 5.96 Å². The highest BCUT2D eigenvalue weighted by Crippen LogP contribution is 2.36. The Morgan fingerprint density at radius 1 is 1.06 bits per heavy atom. The van der Waals surface area contributed by atoms with E-state index in [1.54, 1.807) is 7.11 Å². The third-order valence-corrected chi connectivity index (χ3v) is 6.08. The molecule has 0 bridgehead atoms. The number of methoxy groups -OCH3 is 1. The molecular formula is C23H39IN4O3. The second-order valence-electron chi connectivity index (χ2n) is 8.05. The number of benzene rings is 1. The average molecular weight is 546 g/mol. The van der Waals surface area contributed by atoms with Crippen molar-refractivity contribution in [3.8, 4) is 5.75 Å². The summed E-state index contributed by atoms with van der Waals surface area (Å²) in [4.78, 5) is 7.45. The predicted molar refractivity (Wildman–Crippen MR) is 136 cm³/mol. The molecule has 31 heavy (non-hydrogen) atoms. The molecule has 2 saturated heterocycles. The highest BCUT2D eigenvalue weighted by Gasteiger charge is 2.34. The summed E-state index contributed by atoms with van der Waals surface area (Å²) >= 11 is 0. The SMILES string of the molecule is CCNC(=NCC1(c2ccc(OC)cc2)CCOCC1)NCCCN1CCOCC1.I. The lowest BCUT2D eigenvalue weighted by Crippen LogP contribution is -2.42. The number of ether oxygens (including phenoxy) is 3. The molecule has 2 aliphatic rings. The topological polar surface area (TPSA) is 67.4 Å². The number of halogens is 1. The summed E-state index contributed by atoms with van der Waals surface area (Å²) in [7, 11) is 1.71. The minimum absolute atomic E-state index is 0. The maximum Gasteiger partial charge on any atom is 0.191 e. The van der Waals surface area contributed by atoms with Crippen LogP contribution in [0.1, 0.15) is 31.7 Å². The molecule has 0 amide bonds. The van der Waals surface area contributed by atoms with Crippen molar-refractivity contribution in [2.24, 2.45) is 4.99 Å². The number of nitrogens with one attached hydrogen (secondary N) is 2. The smallest absolute Gasteiger partial charge is 0.191 e. The van der Waals surface area contributed by atoms with Crippen molar-refractivity contribution in [3.63, 3.8) is 0 Å². The monoisotopic (exact) mass is 546 g/mol. The van der Waals surface area contributed by atoms with Crippen LogP contribution in [0.15, 0.2) is 29.3 Å². The number of nitrogens with zero attached hydrogens (tertiary/aromatic N) is 2. The Morgan fingerprint density at radius 2 is 1.74 bits per heavy atom. The molecule has 2 heterocycles. The van der Waals surface area contributed by atoms with Crippen LogP contribution < -0.4 is 15.4 Å². The molecule has 0 unspecified atom stereocenters. The van der Waals surface area contributed by atoms with Gasteiger partial charge in [0.05, 0.1) is 26.9 Å². The first-order valence-electron chi connectivity index (χ1n) is 11.3. The van der Waals surface area contributed by atoms with Gasteiger partial charge in [0.1, 0.15) is 5.75 Å². The van der Waals surface area contributed by atoms with Crippen molar-refractivity contribution in [1.29, 1.82) is 0 Å². The van der Waals surface area contributed by atoms with Gasteiger partial charge in [-0.05, 0) is 50.4 Å². The molecule has 0 spiro atoms. The molecule has 0 atom stereocenters. The third kappa shape index (κ3) is 8.07. The molecule has 3 rings (SSSR count). The number of aliphatic imine (C=N–C) groups is 1. The second-order valence-corrected chi connectivity index (χ2v) is 8.05. The standard InChI is InChI=1S/C23H38N4O3.HI/c1-3-24-22(25-11-4-12-27-13-17-30-18-14-27)26-19-23(9-15-29-16-10-23)20-5-7-21(28-2)8-6-20;/h5-8H,3-4,9-19H2,1-2H3,(H2,24,25,26);1H. The number of hydrogen-bond donors (Lipinski definition) is 2. The summed E-state index contributed by atoms with van der Waals surface area (Å²) in [6, 6.07) is 8.46. The van der Waals surface area contributed by atoms with E-state index in [1.165, 1.54) is 5.56 Å². The van der Waals surface area contributed by atoms with Crippen LogP contribution in [-0.4, -0.2) is 83.7 Å². The Bertz CT molecular complexity index is 645. The molecule has 2 aliphatic heterocycles. The van der Waals surface area contributed by atoms with E-state index < -0.39 is 0 Å². The van der Waals surface area contributed by atoms with Crippen molar-refractivity contribution in [2.45, 2.75) is 31.6 Å². The maximum absolute atomic E-state index is 5.66. The fourth-order valence-electron chi connectivity index (χ4n) is 4.15. The first-order valence-corrected chi connectivity index (χ1v) is 11.3. The molecule has 0 aliphatic carbocycles. The zero-order valence-electron chi connectivity index (χ0n) is 19.0. The van der Waals surface area contributed by atoms with E-state index in [4.69, 9.17) is 19.2 Å². The Morgan fingerprint density at radius 3 is 2.39 bits per heavy atom. The molecule has 1 aromatic carbocycles. The Hall–Kier alpha value is -1.10. The van der Waals surface area contributed by atoms with Crippen molar-refractivity contribution < 1.29 is 14.2 Å². The average Bonchev–Trinajstić information content (AvgIpc) is 2.81. The summed E-state index contributed by atoms with van der Waals surface area (Å²) in [5.74, 6) is 1.79. The molecule has 2 N–H and O–H groups in total. The fourth-order valence-corrected chi connectivity index (χ4v) is 4.15. The summed E-state index contributed by atoms with van der Waals surface area (Å²) < 4.78 is 16.4. The van der Waals surface area contributed by atoms with Gasteiger partial charge in [-0.3, -0.25) is 9.89 Å². The van der Waals surface area contributed by atoms with Crippen LogP contribution in [-0.2, 0) is 14.9 Å². The van der Waals surface area contributed by atoms with Crippen LogP contribution in [0.2, 0.25) is 0 Å². The highest BCUT2D eigenvalue weighted by molar-refractivity contribution is 14.0. The lowest BCUT2D eigenvalue weighted by atomic mass is 9.74. The van der Waals surface area contributed by atoms with Crippen LogP contribution in [0.4, 0.5) is 0 Å². The fraction of sp³-hybridized carbons (Fsp3) is 0.696. The van der Waals surface area contributed by atoms with Crippen molar-refractivity contribution >= 4 is 29.9 Å². The van der Waals surface area contributed by atoms with E-state index in [1.807, 2.05) is 12.1 Å². The van der Waals surface area contributed by atoms with E-state index in [-0.39, 0.29) is 29.4 Å². The molecule has 0 saturated carbocycles. The van der Waals surface area contributed by atoms with Gasteiger partial charge in [-0.2, -0.15) is 0 Å². The first-order chi connectivity index (χ1) is 14.8. The van der Waals surface area contributed by atoms with Gasteiger partial charge in [0, 0.05) is 44.8 Å². The van der Waals surface area contributed by atoms with Gasteiger partial charge < -0.3 is 24.8 Å². The quantitative estimate of drug-likeness (QED) is 0.215. The van der Waals surface area contributed by atoms with Crippen LogP contribution in [0, 0.1) is 0 Å². The van der Waals surface area contributed by atoms with Crippen LogP contribution in [0.25, 0.3) is 0 Å². The Kier molecular flexibility index (Phi) is 11.9. The van der Waals surface area contributed by atoms with Crippen molar-refractivity contribution in [3.05, 3.63) is 29.8 Å². The second kappa shape index (κ2) is 14.1. The van der Waals surface area contributed by atoms with E-state index in [0.29, 0.717) is 0 Å². The number of hydrogen-bond acceptors (Lipinski definition) is 5. The van der Waals surface area contributed by atoms with E-state index >= 15 is 0 Å². The van der Waals surface area contributed by atoms with Gasteiger partial charge in [0.25, 0.3) is 0 Å². The lowest BCUT2D eigenvalue weighted by Gasteiger charge is -2.36. The zero-order valence-corrected chi connectivity index (χ0v) is 21.4. The summed E-state index contributed by atoms with van der Waals surface area (Å²) in [6.45, 7) is 11.1. The largest absolute Gasteiger partial charge is 0.497 e. The summed E-state index contributed by atoms with van der Waals surface area (Å²) in [5, 5.41) is 6.92.